The lowest BCUT2D eigenvalue weighted by molar-refractivity contribution is 0.0940. The van der Waals surface area contributed by atoms with Gasteiger partial charge in [-0.15, -0.1) is 0 Å². The van der Waals surface area contributed by atoms with E-state index in [4.69, 9.17) is 0 Å². The smallest absolute Gasteiger partial charge is 0.251 e. The maximum Gasteiger partial charge on any atom is 0.251 e. The molecule has 0 aliphatic carbocycles. The van der Waals surface area contributed by atoms with Gasteiger partial charge in [-0.3, -0.25) is 4.79 Å². The van der Waals surface area contributed by atoms with E-state index in [9.17, 15) is 4.79 Å². The first kappa shape index (κ1) is 15.0. The van der Waals surface area contributed by atoms with Crippen molar-refractivity contribution in [3.8, 4) is 0 Å². The van der Waals surface area contributed by atoms with Gasteiger partial charge in [0.1, 0.15) is 0 Å². The second-order valence-corrected chi connectivity index (χ2v) is 6.26. The van der Waals surface area contributed by atoms with Gasteiger partial charge in [0.2, 0.25) is 0 Å². The van der Waals surface area contributed by atoms with Crippen LogP contribution in [0.3, 0.4) is 0 Å². The summed E-state index contributed by atoms with van der Waals surface area (Å²) in [5.41, 5.74) is 3.26. The first-order valence-corrected chi connectivity index (χ1v) is 7.75. The molecule has 2 aromatic carbocycles. The van der Waals surface area contributed by atoms with Crippen LogP contribution in [0.1, 0.15) is 28.4 Å². The van der Waals surface area contributed by atoms with Gasteiger partial charge in [-0.2, -0.15) is 0 Å². The summed E-state index contributed by atoms with van der Waals surface area (Å²) in [5.74, 6) is -0.00963. The summed E-state index contributed by atoms with van der Waals surface area (Å²) < 4.78 is 1.07. The monoisotopic (exact) mass is 379 g/mol. The van der Waals surface area contributed by atoms with E-state index in [0.717, 1.165) is 9.99 Å². The van der Waals surface area contributed by atoms with E-state index in [0.29, 0.717) is 5.56 Å². The minimum Gasteiger partial charge on any atom is -0.349 e. The number of carbonyl (C=O) groups is 1. The molecule has 1 amide bonds. The van der Waals surface area contributed by atoms with Gasteiger partial charge < -0.3 is 5.32 Å². The van der Waals surface area contributed by atoms with Gasteiger partial charge in [-0.25, -0.2) is 0 Å². The normalized spacial score (nSPS) is 11.9. The van der Waals surface area contributed by atoms with E-state index in [-0.39, 0.29) is 11.9 Å². The third-order valence-corrected chi connectivity index (χ3v) is 3.92. The molecule has 0 aliphatic rings. The van der Waals surface area contributed by atoms with Crippen molar-refractivity contribution in [3.63, 3.8) is 0 Å². The fourth-order valence-corrected chi connectivity index (χ4v) is 2.70. The summed E-state index contributed by atoms with van der Waals surface area (Å²) in [4.78, 5) is 12.2. The van der Waals surface area contributed by atoms with Crippen LogP contribution in [-0.4, -0.2) is 11.9 Å². The molecule has 1 atom stereocenters. The van der Waals surface area contributed by atoms with Gasteiger partial charge in [0, 0.05) is 15.2 Å². The molecule has 0 fully saturated rings. The zero-order chi connectivity index (χ0) is 14.5. The number of hydrogen-bond acceptors (Lipinski definition) is 1. The van der Waals surface area contributed by atoms with Crippen LogP contribution in [0, 0.1) is 10.5 Å². The predicted molar refractivity (Wildman–Crippen MR) is 91.0 cm³/mol. The molecule has 0 spiro atoms. The molecular weight excluding hydrogens is 361 g/mol. The first-order chi connectivity index (χ1) is 9.56. The average Bonchev–Trinajstić information content (AvgIpc) is 2.41. The van der Waals surface area contributed by atoms with Gasteiger partial charge in [0.15, 0.2) is 0 Å². The van der Waals surface area contributed by atoms with Gasteiger partial charge >= 0.3 is 0 Å². The molecule has 1 N–H and O–H groups in total. The predicted octanol–water partition coefficient (Wildman–Crippen LogP) is 3.96. The van der Waals surface area contributed by atoms with Crippen molar-refractivity contribution in [2.45, 2.75) is 26.3 Å². The second-order valence-electron chi connectivity index (χ2n) is 5.02. The van der Waals surface area contributed by atoms with Gasteiger partial charge in [0.05, 0.1) is 0 Å². The van der Waals surface area contributed by atoms with E-state index in [1.54, 1.807) is 0 Å². The third-order valence-electron chi connectivity index (χ3n) is 3.25. The van der Waals surface area contributed by atoms with Crippen LogP contribution in [0.15, 0.2) is 48.5 Å². The highest BCUT2D eigenvalue weighted by molar-refractivity contribution is 14.1. The SMILES string of the molecule is Cc1ccccc1CC(C)NC(=O)c1cccc(I)c1. The molecule has 0 saturated carbocycles. The fraction of sp³-hybridized carbons (Fsp3) is 0.235. The number of carbonyl (C=O) groups excluding carboxylic acids is 1. The topological polar surface area (TPSA) is 29.1 Å². The molecule has 20 heavy (non-hydrogen) atoms. The maximum atomic E-state index is 12.2. The summed E-state index contributed by atoms with van der Waals surface area (Å²) in [7, 11) is 0. The standard InChI is InChI=1S/C17H18INO/c1-12-6-3-4-7-14(12)10-13(2)19-17(20)15-8-5-9-16(18)11-15/h3-9,11,13H,10H2,1-2H3,(H,19,20). The summed E-state index contributed by atoms with van der Waals surface area (Å²) in [6, 6.07) is 16.0. The Labute approximate surface area is 133 Å². The molecule has 0 heterocycles. The van der Waals surface area contributed by atoms with Gasteiger partial charge in [-0.05, 0) is 72.2 Å². The highest BCUT2D eigenvalue weighted by Crippen LogP contribution is 2.11. The number of hydrogen-bond donors (Lipinski definition) is 1. The van der Waals surface area contributed by atoms with Gasteiger partial charge in [-0.1, -0.05) is 30.3 Å². The molecular formula is C17H18INO. The van der Waals surface area contributed by atoms with E-state index in [1.807, 2.05) is 43.3 Å². The van der Waals surface area contributed by atoms with Crippen molar-refractivity contribution in [2.75, 3.05) is 0 Å². The lowest BCUT2D eigenvalue weighted by Crippen LogP contribution is -2.34. The summed E-state index contributed by atoms with van der Waals surface area (Å²) in [6.45, 7) is 4.14. The van der Waals surface area contributed by atoms with E-state index >= 15 is 0 Å². The highest BCUT2D eigenvalue weighted by atomic mass is 127. The van der Waals surface area contributed by atoms with Gasteiger partial charge in [0.25, 0.3) is 5.91 Å². The van der Waals surface area contributed by atoms with Crippen molar-refractivity contribution in [1.82, 2.24) is 5.32 Å². The Morgan fingerprint density at radius 3 is 2.65 bits per heavy atom. The molecule has 0 bridgehead atoms. The van der Waals surface area contributed by atoms with Crippen LogP contribution in [0.2, 0.25) is 0 Å². The molecule has 0 saturated heterocycles. The molecule has 3 heteroatoms. The molecule has 2 nitrogen and oxygen atoms in total. The number of rotatable bonds is 4. The summed E-state index contributed by atoms with van der Waals surface area (Å²) >= 11 is 2.22. The lowest BCUT2D eigenvalue weighted by Gasteiger charge is -2.15. The minimum atomic E-state index is -0.00963. The Kier molecular flexibility index (Phi) is 5.17. The van der Waals surface area contributed by atoms with Crippen LogP contribution < -0.4 is 5.32 Å². The quantitative estimate of drug-likeness (QED) is 0.801. The van der Waals surface area contributed by atoms with Crippen molar-refractivity contribution in [3.05, 3.63) is 68.8 Å². The first-order valence-electron chi connectivity index (χ1n) is 6.67. The van der Waals surface area contributed by atoms with Crippen molar-refractivity contribution in [1.29, 1.82) is 0 Å². The van der Waals surface area contributed by atoms with E-state index < -0.39 is 0 Å². The number of amides is 1. The Balaban J connectivity index is 2.00. The Bertz CT molecular complexity index is 609. The minimum absolute atomic E-state index is 0.00963. The highest BCUT2D eigenvalue weighted by Gasteiger charge is 2.11. The molecule has 0 radical (unpaired) electrons. The second kappa shape index (κ2) is 6.88. The molecule has 1 unspecified atom stereocenters. The van der Waals surface area contributed by atoms with Crippen LogP contribution in [-0.2, 0) is 6.42 Å². The number of nitrogens with one attached hydrogen (secondary N) is 1. The Hall–Kier alpha value is -1.36. The number of benzene rings is 2. The zero-order valence-electron chi connectivity index (χ0n) is 11.7. The van der Waals surface area contributed by atoms with Crippen LogP contribution in [0.5, 0.6) is 0 Å². The molecule has 104 valence electrons. The lowest BCUT2D eigenvalue weighted by atomic mass is 10.0. The number of halogens is 1. The molecule has 2 rings (SSSR count). The maximum absolute atomic E-state index is 12.2. The van der Waals surface area contributed by atoms with Crippen LogP contribution in [0.25, 0.3) is 0 Å². The van der Waals surface area contributed by atoms with Crippen molar-refractivity contribution < 1.29 is 4.79 Å². The average molecular weight is 379 g/mol. The van der Waals surface area contributed by atoms with E-state index in [2.05, 4.69) is 47.0 Å². The Morgan fingerprint density at radius 1 is 1.20 bits per heavy atom. The molecule has 0 aliphatic heterocycles. The largest absolute Gasteiger partial charge is 0.349 e. The molecule has 0 aromatic heterocycles. The van der Waals surface area contributed by atoms with Crippen molar-refractivity contribution in [2.24, 2.45) is 0 Å². The Morgan fingerprint density at radius 2 is 1.95 bits per heavy atom. The zero-order valence-corrected chi connectivity index (χ0v) is 13.8. The summed E-state index contributed by atoms with van der Waals surface area (Å²) in [6.07, 6.45) is 0.850. The number of aryl methyl sites for hydroxylation is 1. The van der Waals surface area contributed by atoms with Crippen molar-refractivity contribution >= 4 is 28.5 Å². The van der Waals surface area contributed by atoms with Crippen LogP contribution in [0.4, 0.5) is 0 Å². The third kappa shape index (κ3) is 4.07. The van der Waals surface area contributed by atoms with E-state index in [1.165, 1.54) is 11.1 Å². The summed E-state index contributed by atoms with van der Waals surface area (Å²) in [5, 5.41) is 3.06. The van der Waals surface area contributed by atoms with Crippen LogP contribution >= 0.6 is 22.6 Å². The fourth-order valence-electron chi connectivity index (χ4n) is 2.16. The molecule has 2 aromatic rings.